The van der Waals surface area contributed by atoms with Crippen molar-refractivity contribution in [3.8, 4) is 0 Å². The van der Waals surface area contributed by atoms with E-state index in [-0.39, 0.29) is 17.4 Å². The monoisotopic (exact) mass is 327 g/mol. The number of rotatable bonds is 3. The van der Waals surface area contributed by atoms with E-state index in [1.807, 2.05) is 0 Å². The molecule has 102 valence electrons. The van der Waals surface area contributed by atoms with E-state index in [9.17, 15) is 9.59 Å². The number of hydrogen-bond donors (Lipinski definition) is 2. The maximum absolute atomic E-state index is 12.1. The van der Waals surface area contributed by atoms with E-state index in [0.717, 1.165) is 12.8 Å². The summed E-state index contributed by atoms with van der Waals surface area (Å²) in [5.74, 6) is -1.47. The molecule has 1 heterocycles. The highest BCUT2D eigenvalue weighted by atomic mass is 79.9. The van der Waals surface area contributed by atoms with Gasteiger partial charge in [-0.25, -0.2) is 4.79 Å². The average Bonchev–Trinajstić information content (AvgIpc) is 2.39. The number of ether oxygens (including phenoxy) is 1. The second-order valence-electron chi connectivity index (χ2n) is 4.40. The van der Waals surface area contributed by atoms with Gasteiger partial charge in [0, 0.05) is 11.1 Å². The number of amides is 1. The molecular weight excluding hydrogens is 314 g/mol. The molecule has 1 aromatic carbocycles. The molecule has 1 aliphatic rings. The lowest BCUT2D eigenvalue weighted by Crippen LogP contribution is -2.30. The van der Waals surface area contributed by atoms with Crippen molar-refractivity contribution in [1.82, 2.24) is 0 Å². The fraction of sp³-hybridized carbons (Fsp3) is 0.385. The van der Waals surface area contributed by atoms with Crippen LogP contribution in [0.1, 0.15) is 23.2 Å². The van der Waals surface area contributed by atoms with Gasteiger partial charge in [-0.3, -0.25) is 4.79 Å². The van der Waals surface area contributed by atoms with Gasteiger partial charge in [-0.15, -0.1) is 0 Å². The van der Waals surface area contributed by atoms with Gasteiger partial charge in [-0.2, -0.15) is 0 Å². The predicted molar refractivity (Wildman–Crippen MR) is 73.3 cm³/mol. The van der Waals surface area contributed by atoms with Gasteiger partial charge in [0.1, 0.15) is 0 Å². The van der Waals surface area contributed by atoms with Crippen LogP contribution in [0.2, 0.25) is 0 Å². The van der Waals surface area contributed by atoms with Gasteiger partial charge in [0.25, 0.3) is 0 Å². The molecule has 0 aromatic heterocycles. The Labute approximate surface area is 119 Å². The van der Waals surface area contributed by atoms with Crippen LogP contribution >= 0.6 is 15.9 Å². The molecule has 1 saturated heterocycles. The molecule has 1 fully saturated rings. The van der Waals surface area contributed by atoms with Gasteiger partial charge in [0.2, 0.25) is 5.91 Å². The number of halogens is 1. The molecule has 1 aliphatic heterocycles. The molecular formula is C13H14BrNO4. The first kappa shape index (κ1) is 14.0. The van der Waals surface area contributed by atoms with Crippen molar-refractivity contribution in [2.45, 2.75) is 12.8 Å². The number of carbonyl (C=O) groups excluding carboxylic acids is 1. The van der Waals surface area contributed by atoms with Crippen LogP contribution in [-0.4, -0.2) is 30.2 Å². The van der Waals surface area contributed by atoms with E-state index in [1.165, 1.54) is 6.07 Å². The van der Waals surface area contributed by atoms with Gasteiger partial charge in [-0.1, -0.05) is 15.9 Å². The third kappa shape index (κ3) is 3.54. The fourth-order valence-corrected chi connectivity index (χ4v) is 2.35. The van der Waals surface area contributed by atoms with E-state index < -0.39 is 5.97 Å². The van der Waals surface area contributed by atoms with E-state index in [4.69, 9.17) is 9.84 Å². The van der Waals surface area contributed by atoms with Crippen LogP contribution in [0.25, 0.3) is 0 Å². The van der Waals surface area contributed by atoms with Crippen molar-refractivity contribution in [2.75, 3.05) is 18.5 Å². The largest absolute Gasteiger partial charge is 0.478 e. The Hall–Kier alpha value is -1.40. The minimum atomic E-state index is -1.07. The van der Waals surface area contributed by atoms with Crippen LogP contribution in [0.4, 0.5) is 5.69 Å². The lowest BCUT2D eigenvalue weighted by atomic mass is 10.0. The number of aromatic carboxylic acids is 1. The SMILES string of the molecule is O=C(O)c1ccc(Br)cc1NC(=O)C1CCCOC1. The molecule has 1 atom stereocenters. The molecule has 1 aromatic rings. The van der Waals surface area contributed by atoms with Crippen molar-refractivity contribution in [3.63, 3.8) is 0 Å². The molecule has 1 unspecified atom stereocenters. The molecule has 6 heteroatoms. The summed E-state index contributed by atoms with van der Waals surface area (Å²) in [5.41, 5.74) is 0.380. The maximum Gasteiger partial charge on any atom is 0.337 e. The molecule has 0 aliphatic carbocycles. The first-order valence-corrected chi connectivity index (χ1v) is 6.78. The summed E-state index contributed by atoms with van der Waals surface area (Å²) >= 11 is 3.26. The minimum absolute atomic E-state index is 0.0771. The highest BCUT2D eigenvalue weighted by molar-refractivity contribution is 9.10. The van der Waals surface area contributed by atoms with Gasteiger partial charge in [0.15, 0.2) is 0 Å². The number of carboxylic acids is 1. The molecule has 0 bridgehead atoms. The van der Waals surface area contributed by atoms with E-state index in [2.05, 4.69) is 21.2 Å². The predicted octanol–water partition coefficient (Wildman–Crippen LogP) is 2.51. The topological polar surface area (TPSA) is 75.6 Å². The first-order valence-electron chi connectivity index (χ1n) is 5.99. The van der Waals surface area contributed by atoms with E-state index in [1.54, 1.807) is 12.1 Å². The quantitative estimate of drug-likeness (QED) is 0.894. The van der Waals surface area contributed by atoms with Crippen LogP contribution in [0.3, 0.4) is 0 Å². The zero-order valence-electron chi connectivity index (χ0n) is 10.2. The molecule has 5 nitrogen and oxygen atoms in total. The Bertz CT molecular complexity index is 497. The average molecular weight is 328 g/mol. The third-order valence-electron chi connectivity index (χ3n) is 3.00. The summed E-state index contributed by atoms with van der Waals surface area (Å²) in [6.07, 6.45) is 1.62. The lowest BCUT2D eigenvalue weighted by molar-refractivity contribution is -0.123. The number of hydrogen-bond acceptors (Lipinski definition) is 3. The number of carbonyl (C=O) groups is 2. The zero-order valence-corrected chi connectivity index (χ0v) is 11.8. The first-order chi connectivity index (χ1) is 9.08. The highest BCUT2D eigenvalue weighted by Crippen LogP contribution is 2.23. The second kappa shape index (κ2) is 6.16. The third-order valence-corrected chi connectivity index (χ3v) is 3.49. The number of anilines is 1. The second-order valence-corrected chi connectivity index (χ2v) is 5.31. The Balaban J connectivity index is 2.15. The van der Waals surface area contributed by atoms with Crippen LogP contribution in [0, 0.1) is 5.92 Å². The molecule has 1 amide bonds. The smallest absolute Gasteiger partial charge is 0.337 e. The summed E-state index contributed by atoms with van der Waals surface area (Å²) in [6.45, 7) is 1.07. The summed E-state index contributed by atoms with van der Waals surface area (Å²) in [7, 11) is 0. The van der Waals surface area contributed by atoms with Crippen molar-refractivity contribution < 1.29 is 19.4 Å². The number of nitrogens with one attached hydrogen (secondary N) is 1. The number of benzene rings is 1. The molecule has 0 radical (unpaired) electrons. The van der Waals surface area contributed by atoms with Gasteiger partial charge in [-0.05, 0) is 31.0 Å². The van der Waals surface area contributed by atoms with Crippen LogP contribution in [0.15, 0.2) is 22.7 Å². The molecule has 19 heavy (non-hydrogen) atoms. The molecule has 2 rings (SSSR count). The summed E-state index contributed by atoms with van der Waals surface area (Å²) < 4.78 is 5.97. The summed E-state index contributed by atoms with van der Waals surface area (Å²) in [6, 6.07) is 4.67. The Morgan fingerprint density at radius 2 is 2.21 bits per heavy atom. The van der Waals surface area contributed by atoms with Gasteiger partial charge in [0.05, 0.1) is 23.8 Å². The normalized spacial score (nSPS) is 18.9. The maximum atomic E-state index is 12.1. The van der Waals surface area contributed by atoms with Crippen LogP contribution in [-0.2, 0) is 9.53 Å². The molecule has 2 N–H and O–H groups in total. The number of carboxylic acid groups (broad SMARTS) is 1. The summed E-state index contributed by atoms with van der Waals surface area (Å²) in [5, 5.41) is 11.8. The van der Waals surface area contributed by atoms with Crippen molar-refractivity contribution in [2.24, 2.45) is 5.92 Å². The van der Waals surface area contributed by atoms with Crippen LogP contribution in [0.5, 0.6) is 0 Å². The van der Waals surface area contributed by atoms with Crippen molar-refractivity contribution in [1.29, 1.82) is 0 Å². The standard InChI is InChI=1S/C13H14BrNO4/c14-9-3-4-10(13(17)18)11(6-9)15-12(16)8-2-1-5-19-7-8/h3-4,6,8H,1-2,5,7H2,(H,15,16)(H,17,18). The Morgan fingerprint density at radius 3 is 2.84 bits per heavy atom. The van der Waals surface area contributed by atoms with Gasteiger partial charge < -0.3 is 15.2 Å². The minimum Gasteiger partial charge on any atom is -0.478 e. The summed E-state index contributed by atoms with van der Waals surface area (Å²) in [4.78, 5) is 23.2. The van der Waals surface area contributed by atoms with E-state index in [0.29, 0.717) is 23.4 Å². The van der Waals surface area contributed by atoms with Gasteiger partial charge >= 0.3 is 5.97 Å². The zero-order chi connectivity index (χ0) is 13.8. The fourth-order valence-electron chi connectivity index (χ4n) is 1.99. The van der Waals surface area contributed by atoms with Crippen LogP contribution < -0.4 is 5.32 Å². The molecule has 0 saturated carbocycles. The highest BCUT2D eigenvalue weighted by Gasteiger charge is 2.23. The van der Waals surface area contributed by atoms with Crippen molar-refractivity contribution >= 4 is 33.5 Å². The lowest BCUT2D eigenvalue weighted by Gasteiger charge is -2.21. The van der Waals surface area contributed by atoms with E-state index >= 15 is 0 Å². The Morgan fingerprint density at radius 1 is 1.42 bits per heavy atom. The Kier molecular flexibility index (Phi) is 4.55. The van der Waals surface area contributed by atoms with Crippen molar-refractivity contribution in [3.05, 3.63) is 28.2 Å². The molecule has 0 spiro atoms.